The van der Waals surface area contributed by atoms with Gasteiger partial charge in [0, 0.05) is 30.9 Å². The largest absolute Gasteiger partial charge is 0.304 e. The SMILES string of the molecule is CC(C)N(C(=O)c1cccc(S(=O)(=O)N2CCc3ccccc3C2)c1)c1cccnc1. The molecule has 4 rings (SSSR count). The number of amides is 1. The molecule has 1 amide bonds. The van der Waals surface area contributed by atoms with Crippen LogP contribution < -0.4 is 4.90 Å². The Morgan fingerprint density at radius 1 is 1.03 bits per heavy atom. The predicted octanol–water partition coefficient (Wildman–Crippen LogP) is 3.88. The Hall–Kier alpha value is -3.03. The Labute approximate surface area is 183 Å². The summed E-state index contributed by atoms with van der Waals surface area (Å²) in [7, 11) is -3.72. The van der Waals surface area contributed by atoms with Gasteiger partial charge in [-0.1, -0.05) is 30.3 Å². The Kier molecular flexibility index (Phi) is 5.89. The first-order valence-corrected chi connectivity index (χ1v) is 11.7. The predicted molar refractivity (Wildman–Crippen MR) is 120 cm³/mol. The summed E-state index contributed by atoms with van der Waals surface area (Å²) in [5.41, 5.74) is 3.20. The van der Waals surface area contributed by atoms with Crippen molar-refractivity contribution in [3.8, 4) is 0 Å². The lowest BCUT2D eigenvalue weighted by Crippen LogP contribution is -2.38. The zero-order valence-electron chi connectivity index (χ0n) is 17.6. The van der Waals surface area contributed by atoms with E-state index in [2.05, 4.69) is 4.98 Å². The first-order chi connectivity index (χ1) is 14.9. The second-order valence-electron chi connectivity index (χ2n) is 7.87. The Balaban J connectivity index is 1.64. The van der Waals surface area contributed by atoms with Gasteiger partial charge in [0.1, 0.15) is 0 Å². The highest BCUT2D eigenvalue weighted by atomic mass is 32.2. The first-order valence-electron chi connectivity index (χ1n) is 10.3. The molecule has 0 atom stereocenters. The van der Waals surface area contributed by atoms with Crippen LogP contribution in [0.3, 0.4) is 0 Å². The molecule has 0 fully saturated rings. The molecule has 0 unspecified atom stereocenters. The molecule has 2 heterocycles. The molecule has 1 aliphatic heterocycles. The van der Waals surface area contributed by atoms with Gasteiger partial charge in [-0.2, -0.15) is 4.31 Å². The van der Waals surface area contributed by atoms with Crippen molar-refractivity contribution in [3.05, 3.63) is 89.7 Å². The van der Waals surface area contributed by atoms with Crippen molar-refractivity contribution in [1.29, 1.82) is 0 Å². The quantitative estimate of drug-likeness (QED) is 0.610. The van der Waals surface area contributed by atoms with Crippen molar-refractivity contribution in [2.24, 2.45) is 0 Å². The van der Waals surface area contributed by atoms with E-state index >= 15 is 0 Å². The van der Waals surface area contributed by atoms with Crippen molar-refractivity contribution in [2.75, 3.05) is 11.4 Å². The van der Waals surface area contributed by atoms with Gasteiger partial charge >= 0.3 is 0 Å². The number of pyridine rings is 1. The van der Waals surface area contributed by atoms with Gasteiger partial charge in [0.25, 0.3) is 5.91 Å². The van der Waals surface area contributed by atoms with Crippen LogP contribution in [0.4, 0.5) is 5.69 Å². The highest BCUT2D eigenvalue weighted by Crippen LogP contribution is 2.26. The molecule has 0 bridgehead atoms. The van der Waals surface area contributed by atoms with Gasteiger partial charge in [0.15, 0.2) is 0 Å². The zero-order valence-corrected chi connectivity index (χ0v) is 18.4. The number of anilines is 1. The van der Waals surface area contributed by atoms with Gasteiger partial charge in [-0.15, -0.1) is 0 Å². The van der Waals surface area contributed by atoms with Crippen LogP contribution in [0.5, 0.6) is 0 Å². The van der Waals surface area contributed by atoms with Gasteiger partial charge in [-0.05, 0) is 61.7 Å². The maximum Gasteiger partial charge on any atom is 0.258 e. The molecular weight excluding hydrogens is 410 g/mol. The maximum absolute atomic E-state index is 13.3. The van der Waals surface area contributed by atoms with Crippen molar-refractivity contribution >= 4 is 21.6 Å². The summed E-state index contributed by atoms with van der Waals surface area (Å²) < 4.78 is 28.2. The Morgan fingerprint density at radius 3 is 2.52 bits per heavy atom. The average molecular weight is 436 g/mol. The minimum Gasteiger partial charge on any atom is -0.304 e. The van der Waals surface area contributed by atoms with Crippen LogP contribution in [-0.4, -0.2) is 36.2 Å². The highest BCUT2D eigenvalue weighted by Gasteiger charge is 2.29. The van der Waals surface area contributed by atoms with Gasteiger partial charge in [0.2, 0.25) is 10.0 Å². The maximum atomic E-state index is 13.3. The molecule has 7 heteroatoms. The van der Waals surface area contributed by atoms with E-state index in [0.717, 1.165) is 5.56 Å². The summed E-state index contributed by atoms with van der Waals surface area (Å²) in [6.07, 6.45) is 3.95. The molecule has 1 aromatic heterocycles. The molecule has 0 saturated heterocycles. The van der Waals surface area contributed by atoms with Crippen LogP contribution in [-0.2, 0) is 23.0 Å². The van der Waals surface area contributed by atoms with E-state index in [1.54, 1.807) is 41.6 Å². The standard InChI is InChI=1S/C24H25N3O3S/c1-18(2)27(22-10-6-13-25-16-22)24(28)20-9-5-11-23(15-20)31(29,30)26-14-12-19-7-3-4-8-21(19)17-26/h3-11,13,15-16,18H,12,14,17H2,1-2H3. The summed E-state index contributed by atoms with van der Waals surface area (Å²) in [5.74, 6) is -0.260. The van der Waals surface area contributed by atoms with E-state index in [0.29, 0.717) is 30.8 Å². The monoisotopic (exact) mass is 435 g/mol. The lowest BCUT2D eigenvalue weighted by atomic mass is 10.0. The molecule has 0 aliphatic carbocycles. The van der Waals surface area contributed by atoms with Crippen LogP contribution in [0, 0.1) is 0 Å². The number of aromatic nitrogens is 1. The normalized spacial score (nSPS) is 14.3. The minimum atomic E-state index is -3.72. The number of carbonyl (C=O) groups is 1. The number of benzene rings is 2. The molecule has 6 nitrogen and oxygen atoms in total. The summed E-state index contributed by atoms with van der Waals surface area (Å²) in [6, 6.07) is 17.7. The fraction of sp³-hybridized carbons (Fsp3) is 0.250. The van der Waals surface area contributed by atoms with Gasteiger partial charge in [-0.25, -0.2) is 8.42 Å². The minimum absolute atomic E-state index is 0.115. The fourth-order valence-electron chi connectivity index (χ4n) is 3.90. The average Bonchev–Trinajstić information content (AvgIpc) is 2.79. The van der Waals surface area contributed by atoms with Crippen molar-refractivity contribution in [2.45, 2.75) is 37.8 Å². The molecule has 3 aromatic rings. The number of rotatable bonds is 5. The Bertz CT molecular complexity index is 1190. The topological polar surface area (TPSA) is 70.6 Å². The molecule has 160 valence electrons. The number of nitrogens with zero attached hydrogens (tertiary/aromatic N) is 3. The van der Waals surface area contributed by atoms with Crippen LogP contribution in [0.2, 0.25) is 0 Å². The van der Waals surface area contributed by atoms with Crippen LogP contribution in [0.25, 0.3) is 0 Å². The molecule has 31 heavy (non-hydrogen) atoms. The van der Waals surface area contributed by atoms with Crippen LogP contribution in [0.1, 0.15) is 35.3 Å². The Morgan fingerprint density at radius 2 is 1.81 bits per heavy atom. The van der Waals surface area contributed by atoms with E-state index in [9.17, 15) is 13.2 Å². The van der Waals surface area contributed by atoms with Crippen molar-refractivity contribution < 1.29 is 13.2 Å². The lowest BCUT2D eigenvalue weighted by molar-refractivity contribution is 0.0980. The molecule has 0 radical (unpaired) electrons. The van der Waals surface area contributed by atoms with E-state index in [-0.39, 0.29) is 16.8 Å². The summed E-state index contributed by atoms with van der Waals surface area (Å²) in [5, 5.41) is 0. The van der Waals surface area contributed by atoms with Crippen molar-refractivity contribution in [1.82, 2.24) is 9.29 Å². The summed E-state index contributed by atoms with van der Waals surface area (Å²) >= 11 is 0. The molecule has 0 saturated carbocycles. The van der Waals surface area contributed by atoms with E-state index in [1.165, 1.54) is 15.9 Å². The molecule has 2 aromatic carbocycles. The molecule has 1 aliphatic rings. The second kappa shape index (κ2) is 8.61. The third kappa shape index (κ3) is 4.24. The lowest BCUT2D eigenvalue weighted by Gasteiger charge is -2.29. The number of hydrogen-bond donors (Lipinski definition) is 0. The van der Waals surface area contributed by atoms with Gasteiger partial charge < -0.3 is 4.90 Å². The number of carbonyl (C=O) groups excluding carboxylic acids is 1. The molecule has 0 spiro atoms. The van der Waals surface area contributed by atoms with E-state index < -0.39 is 10.0 Å². The number of fused-ring (bicyclic) bond motifs is 1. The summed E-state index contributed by atoms with van der Waals surface area (Å²) in [4.78, 5) is 19.2. The smallest absolute Gasteiger partial charge is 0.258 e. The van der Waals surface area contributed by atoms with Crippen molar-refractivity contribution in [3.63, 3.8) is 0 Å². The summed E-state index contributed by atoms with van der Waals surface area (Å²) in [6.45, 7) is 4.59. The van der Waals surface area contributed by atoms with Crippen LogP contribution in [0.15, 0.2) is 78.0 Å². The number of sulfonamides is 1. The van der Waals surface area contributed by atoms with Gasteiger partial charge in [-0.3, -0.25) is 9.78 Å². The van der Waals surface area contributed by atoms with E-state index in [4.69, 9.17) is 0 Å². The first kappa shape index (κ1) is 21.2. The third-order valence-electron chi connectivity index (χ3n) is 5.47. The second-order valence-corrected chi connectivity index (χ2v) is 9.80. The van der Waals surface area contributed by atoms with E-state index in [1.807, 2.05) is 44.2 Å². The van der Waals surface area contributed by atoms with Gasteiger partial charge in [0.05, 0.1) is 16.8 Å². The highest BCUT2D eigenvalue weighted by molar-refractivity contribution is 7.89. The molecule has 0 N–H and O–H groups in total. The zero-order chi connectivity index (χ0) is 22.0. The third-order valence-corrected chi connectivity index (χ3v) is 7.31. The molecular formula is C24H25N3O3S. The van der Waals surface area contributed by atoms with Crippen LogP contribution >= 0.6 is 0 Å². The number of hydrogen-bond acceptors (Lipinski definition) is 4. The fourth-order valence-corrected chi connectivity index (χ4v) is 5.36.